The number of ether oxygens (including phenoxy) is 2. The van der Waals surface area contributed by atoms with Gasteiger partial charge in [0.1, 0.15) is 18.2 Å². The molecule has 1 heterocycles. The average molecular weight is 337 g/mol. The number of rotatable bonds is 5. The van der Waals surface area contributed by atoms with Crippen LogP contribution in [0.25, 0.3) is 6.08 Å². The van der Waals surface area contributed by atoms with Gasteiger partial charge >= 0.3 is 5.97 Å². The van der Waals surface area contributed by atoms with Crippen LogP contribution in [0.5, 0.6) is 5.75 Å². The zero-order valence-electron chi connectivity index (χ0n) is 13.7. The molecule has 0 amide bonds. The number of cyclic esters (lactones) is 1. The predicted molar refractivity (Wildman–Crippen MR) is 93.8 cm³/mol. The predicted octanol–water partition coefficient (Wildman–Crippen LogP) is 4.13. The van der Waals surface area contributed by atoms with Crippen LogP contribution in [-0.4, -0.2) is 18.5 Å². The zero-order chi connectivity index (χ0) is 17.8. The van der Waals surface area contributed by atoms with Crippen molar-refractivity contribution >= 4 is 17.9 Å². The summed E-state index contributed by atoms with van der Waals surface area (Å²) in [7, 11) is 0. The van der Waals surface area contributed by atoms with E-state index in [1.54, 1.807) is 18.2 Å². The summed E-state index contributed by atoms with van der Waals surface area (Å²) in [4.78, 5) is 16.2. The standard InChI is InChI=1S/C20H16FNO3/c1-13(2)12-24-17-8-3-5-14(9-17)10-18-20(23)25-19(22-18)15-6-4-7-16(21)11-15/h3-11H,1,12H2,2H3. The molecule has 5 heteroatoms. The molecule has 4 nitrogen and oxygen atoms in total. The summed E-state index contributed by atoms with van der Waals surface area (Å²) in [6.07, 6.45) is 1.60. The molecule has 1 aliphatic rings. The Bertz CT molecular complexity index is 899. The van der Waals surface area contributed by atoms with Crippen molar-refractivity contribution in [3.63, 3.8) is 0 Å². The molecule has 0 N–H and O–H groups in total. The summed E-state index contributed by atoms with van der Waals surface area (Å²) in [5, 5.41) is 0. The van der Waals surface area contributed by atoms with Crippen molar-refractivity contribution in [2.24, 2.45) is 4.99 Å². The van der Waals surface area contributed by atoms with E-state index in [1.165, 1.54) is 18.2 Å². The highest BCUT2D eigenvalue weighted by Crippen LogP contribution is 2.21. The molecule has 0 atom stereocenters. The van der Waals surface area contributed by atoms with E-state index in [1.807, 2.05) is 25.1 Å². The molecule has 0 fully saturated rings. The van der Waals surface area contributed by atoms with Gasteiger partial charge in [-0.15, -0.1) is 0 Å². The highest BCUT2D eigenvalue weighted by atomic mass is 19.1. The van der Waals surface area contributed by atoms with Gasteiger partial charge in [-0.1, -0.05) is 24.8 Å². The Labute approximate surface area is 144 Å². The maximum atomic E-state index is 13.3. The number of benzene rings is 2. The van der Waals surface area contributed by atoms with Crippen LogP contribution in [0.1, 0.15) is 18.1 Å². The van der Waals surface area contributed by atoms with Crippen LogP contribution in [0.2, 0.25) is 0 Å². The second-order valence-electron chi connectivity index (χ2n) is 5.66. The van der Waals surface area contributed by atoms with E-state index in [0.29, 0.717) is 17.9 Å². The summed E-state index contributed by atoms with van der Waals surface area (Å²) in [5.41, 5.74) is 2.22. The number of aliphatic imine (C=N–C) groups is 1. The third kappa shape index (κ3) is 4.20. The molecule has 0 radical (unpaired) electrons. The van der Waals surface area contributed by atoms with Crippen LogP contribution in [-0.2, 0) is 9.53 Å². The van der Waals surface area contributed by atoms with E-state index < -0.39 is 11.8 Å². The van der Waals surface area contributed by atoms with Gasteiger partial charge in [-0.3, -0.25) is 0 Å². The maximum Gasteiger partial charge on any atom is 0.363 e. The molecule has 2 aromatic rings. The minimum atomic E-state index is -0.576. The fraction of sp³-hybridized carbons (Fsp3) is 0.100. The smallest absolute Gasteiger partial charge is 0.363 e. The van der Waals surface area contributed by atoms with Crippen molar-refractivity contribution in [3.8, 4) is 5.75 Å². The summed E-state index contributed by atoms with van der Waals surface area (Å²) in [5.74, 6) is -0.243. The molecule has 0 bridgehead atoms. The van der Waals surface area contributed by atoms with Crippen molar-refractivity contribution in [3.05, 3.63) is 83.3 Å². The van der Waals surface area contributed by atoms with Crippen LogP contribution in [0, 0.1) is 5.82 Å². The van der Waals surface area contributed by atoms with Crippen molar-refractivity contribution in [1.82, 2.24) is 0 Å². The molecule has 0 aliphatic carbocycles. The Balaban J connectivity index is 1.84. The minimum Gasteiger partial charge on any atom is -0.489 e. The van der Waals surface area contributed by atoms with Crippen LogP contribution in [0.4, 0.5) is 4.39 Å². The SMILES string of the molecule is C=C(C)COc1cccc(C=C2N=C(c3cccc(F)c3)OC2=O)c1. The summed E-state index contributed by atoms with van der Waals surface area (Å²) < 4.78 is 24.0. The van der Waals surface area contributed by atoms with E-state index in [2.05, 4.69) is 11.6 Å². The largest absolute Gasteiger partial charge is 0.489 e. The monoisotopic (exact) mass is 337 g/mol. The number of halogens is 1. The molecule has 2 aromatic carbocycles. The summed E-state index contributed by atoms with van der Waals surface area (Å²) in [6.45, 7) is 6.09. The van der Waals surface area contributed by atoms with Gasteiger partial charge in [-0.05, 0) is 54.5 Å². The molecule has 0 saturated carbocycles. The molecule has 0 unspecified atom stereocenters. The van der Waals surface area contributed by atoms with E-state index >= 15 is 0 Å². The number of carbonyl (C=O) groups is 1. The Kier molecular flexibility index (Phi) is 4.75. The molecule has 25 heavy (non-hydrogen) atoms. The second-order valence-corrected chi connectivity index (χ2v) is 5.66. The number of carbonyl (C=O) groups excluding carboxylic acids is 1. The fourth-order valence-electron chi connectivity index (χ4n) is 2.21. The third-order valence-corrected chi connectivity index (χ3v) is 3.34. The van der Waals surface area contributed by atoms with Crippen molar-refractivity contribution in [2.45, 2.75) is 6.92 Å². The van der Waals surface area contributed by atoms with Crippen molar-refractivity contribution in [2.75, 3.05) is 6.61 Å². The van der Waals surface area contributed by atoms with E-state index in [-0.39, 0.29) is 11.6 Å². The minimum absolute atomic E-state index is 0.0884. The van der Waals surface area contributed by atoms with E-state index in [4.69, 9.17) is 9.47 Å². The Morgan fingerprint density at radius 3 is 2.84 bits per heavy atom. The quantitative estimate of drug-likeness (QED) is 0.468. The second kappa shape index (κ2) is 7.13. The van der Waals surface area contributed by atoms with Gasteiger partial charge in [-0.25, -0.2) is 14.2 Å². The molecule has 0 aromatic heterocycles. The first-order chi connectivity index (χ1) is 12.0. The van der Waals surface area contributed by atoms with Gasteiger partial charge in [-0.2, -0.15) is 0 Å². The molecule has 3 rings (SSSR count). The van der Waals surface area contributed by atoms with Crippen LogP contribution >= 0.6 is 0 Å². The maximum absolute atomic E-state index is 13.3. The van der Waals surface area contributed by atoms with Crippen molar-refractivity contribution < 1.29 is 18.7 Å². The molecule has 0 spiro atoms. The molecule has 0 saturated heterocycles. The first-order valence-electron chi connectivity index (χ1n) is 7.67. The molecule has 1 aliphatic heterocycles. The van der Waals surface area contributed by atoms with Crippen LogP contribution < -0.4 is 4.74 Å². The summed E-state index contributed by atoms with van der Waals surface area (Å²) in [6, 6.07) is 13.0. The third-order valence-electron chi connectivity index (χ3n) is 3.34. The molecule has 126 valence electrons. The van der Waals surface area contributed by atoms with Crippen LogP contribution in [0.3, 0.4) is 0 Å². The number of esters is 1. The lowest BCUT2D eigenvalue weighted by Crippen LogP contribution is -2.05. The Morgan fingerprint density at radius 1 is 1.28 bits per heavy atom. The lowest BCUT2D eigenvalue weighted by molar-refractivity contribution is -0.129. The average Bonchev–Trinajstić information content (AvgIpc) is 2.94. The zero-order valence-corrected chi connectivity index (χ0v) is 13.7. The van der Waals surface area contributed by atoms with Gasteiger partial charge in [0.25, 0.3) is 0 Å². The molecular weight excluding hydrogens is 321 g/mol. The number of nitrogens with zero attached hydrogens (tertiary/aromatic N) is 1. The highest BCUT2D eigenvalue weighted by molar-refractivity contribution is 6.12. The van der Waals surface area contributed by atoms with Gasteiger partial charge in [0.15, 0.2) is 5.70 Å². The van der Waals surface area contributed by atoms with Gasteiger partial charge in [0, 0.05) is 5.56 Å². The molecular formula is C20H16FNO3. The van der Waals surface area contributed by atoms with Gasteiger partial charge in [0.2, 0.25) is 5.90 Å². The first kappa shape index (κ1) is 16.6. The van der Waals surface area contributed by atoms with Crippen molar-refractivity contribution in [1.29, 1.82) is 0 Å². The number of hydrogen-bond acceptors (Lipinski definition) is 4. The lowest BCUT2D eigenvalue weighted by Gasteiger charge is -2.06. The lowest BCUT2D eigenvalue weighted by atomic mass is 10.2. The fourth-order valence-corrected chi connectivity index (χ4v) is 2.21. The summed E-state index contributed by atoms with van der Waals surface area (Å²) >= 11 is 0. The van der Waals surface area contributed by atoms with Crippen LogP contribution in [0.15, 0.2) is 71.4 Å². The van der Waals surface area contributed by atoms with Gasteiger partial charge in [0.05, 0.1) is 0 Å². The van der Waals surface area contributed by atoms with Gasteiger partial charge < -0.3 is 9.47 Å². The first-order valence-corrected chi connectivity index (χ1v) is 7.67. The number of hydrogen-bond donors (Lipinski definition) is 0. The Morgan fingerprint density at radius 2 is 2.08 bits per heavy atom. The normalized spacial score (nSPS) is 15.0. The topological polar surface area (TPSA) is 47.9 Å². The Hall–Kier alpha value is -3.21. The highest BCUT2D eigenvalue weighted by Gasteiger charge is 2.24. The van der Waals surface area contributed by atoms with E-state index in [9.17, 15) is 9.18 Å². The van der Waals surface area contributed by atoms with E-state index in [0.717, 1.165) is 11.1 Å².